The number of rotatable bonds is 8. The van der Waals surface area contributed by atoms with Gasteiger partial charge in [-0.25, -0.2) is 9.59 Å². The first kappa shape index (κ1) is 19.9. The maximum atomic E-state index is 11.8. The first-order chi connectivity index (χ1) is 12.8. The topological polar surface area (TPSA) is 151 Å². The zero-order valence-electron chi connectivity index (χ0n) is 14.3. The van der Waals surface area contributed by atoms with Gasteiger partial charge < -0.3 is 20.5 Å². The van der Waals surface area contributed by atoms with Crippen LogP contribution in [0.15, 0.2) is 30.3 Å². The number of carboxylic acid groups (broad SMARTS) is 1. The molecule has 1 aliphatic heterocycles. The molecule has 4 N–H and O–H groups in total. The quantitative estimate of drug-likeness (QED) is 0.453. The largest absolute Gasteiger partial charge is 0.480 e. The number of carbonyl (C=O) groups is 5. The number of hydrogen-bond donors (Lipinski definition) is 4. The van der Waals surface area contributed by atoms with Crippen molar-refractivity contribution in [1.29, 1.82) is 0 Å². The van der Waals surface area contributed by atoms with E-state index < -0.39 is 41.9 Å². The van der Waals surface area contributed by atoms with E-state index in [1.807, 2.05) is 5.32 Å². The highest BCUT2D eigenvalue weighted by molar-refractivity contribution is 6.06. The van der Waals surface area contributed by atoms with Crippen molar-refractivity contribution in [1.82, 2.24) is 16.0 Å². The summed E-state index contributed by atoms with van der Waals surface area (Å²) >= 11 is 0. The molecule has 1 fully saturated rings. The lowest BCUT2D eigenvalue weighted by Gasteiger charge is -2.15. The summed E-state index contributed by atoms with van der Waals surface area (Å²) in [6, 6.07) is 6.54. The highest BCUT2D eigenvalue weighted by atomic mass is 16.5. The lowest BCUT2D eigenvalue weighted by Crippen LogP contribution is -2.43. The fourth-order valence-electron chi connectivity index (χ4n) is 2.38. The standard InChI is InChI=1S/C17H19N3O7/c21-13(18-12-8-14(22)20-15(12)23)7-6-11(16(24)25)19-17(26)27-9-10-4-2-1-3-5-10/h1-5,11-12H,6-9H2,(H,18,21)(H,19,26)(H,24,25)(H,20,22,23)/t11-,12?/m0/s1. The van der Waals surface area contributed by atoms with Gasteiger partial charge in [0.25, 0.3) is 0 Å². The van der Waals surface area contributed by atoms with Crippen LogP contribution in [0, 0.1) is 0 Å². The summed E-state index contributed by atoms with van der Waals surface area (Å²) in [5.74, 6) is -3.02. The second-order valence-electron chi connectivity index (χ2n) is 5.87. The van der Waals surface area contributed by atoms with Crippen LogP contribution in [0.5, 0.6) is 0 Å². The first-order valence-electron chi connectivity index (χ1n) is 8.18. The van der Waals surface area contributed by atoms with E-state index in [0.717, 1.165) is 5.56 Å². The predicted octanol–water partition coefficient (Wildman–Crippen LogP) is -0.322. The van der Waals surface area contributed by atoms with Crippen LogP contribution in [-0.2, 0) is 30.5 Å². The van der Waals surface area contributed by atoms with Crippen molar-refractivity contribution in [3.05, 3.63) is 35.9 Å². The van der Waals surface area contributed by atoms with Crippen molar-refractivity contribution in [2.24, 2.45) is 0 Å². The summed E-state index contributed by atoms with van der Waals surface area (Å²) in [4.78, 5) is 57.3. The van der Waals surface area contributed by atoms with E-state index in [0.29, 0.717) is 0 Å². The molecule has 10 nitrogen and oxygen atoms in total. The maximum absolute atomic E-state index is 11.8. The summed E-state index contributed by atoms with van der Waals surface area (Å²) in [5, 5.41) is 15.7. The molecule has 0 aliphatic carbocycles. The Labute approximate surface area is 154 Å². The Bertz CT molecular complexity index is 735. The molecule has 4 amide bonds. The van der Waals surface area contributed by atoms with Crippen molar-refractivity contribution < 1.29 is 33.8 Å². The summed E-state index contributed by atoms with van der Waals surface area (Å²) in [5.41, 5.74) is 0.739. The normalized spacial score (nSPS) is 17.0. The molecule has 2 rings (SSSR count). The molecular weight excluding hydrogens is 358 g/mol. The Morgan fingerprint density at radius 3 is 2.52 bits per heavy atom. The van der Waals surface area contributed by atoms with Crippen LogP contribution in [0.25, 0.3) is 0 Å². The summed E-state index contributed by atoms with van der Waals surface area (Å²) in [6.07, 6.45) is -1.54. The van der Waals surface area contributed by atoms with Gasteiger partial charge in [0, 0.05) is 6.42 Å². The minimum Gasteiger partial charge on any atom is -0.480 e. The van der Waals surface area contributed by atoms with Crippen molar-refractivity contribution in [2.45, 2.75) is 38.0 Å². The Morgan fingerprint density at radius 2 is 1.93 bits per heavy atom. The number of ether oxygens (including phenoxy) is 1. The fourth-order valence-corrected chi connectivity index (χ4v) is 2.38. The van der Waals surface area contributed by atoms with Crippen molar-refractivity contribution >= 4 is 29.8 Å². The minimum absolute atomic E-state index is 0.0235. The zero-order chi connectivity index (χ0) is 19.8. The number of hydrogen-bond acceptors (Lipinski definition) is 6. The maximum Gasteiger partial charge on any atom is 0.408 e. The van der Waals surface area contributed by atoms with E-state index in [1.54, 1.807) is 30.3 Å². The van der Waals surface area contributed by atoms with E-state index in [-0.39, 0.29) is 25.9 Å². The summed E-state index contributed by atoms with van der Waals surface area (Å²) < 4.78 is 4.94. The molecule has 144 valence electrons. The second kappa shape index (κ2) is 9.32. The van der Waals surface area contributed by atoms with Crippen LogP contribution in [-0.4, -0.2) is 47.0 Å². The Morgan fingerprint density at radius 1 is 1.22 bits per heavy atom. The van der Waals surface area contributed by atoms with Gasteiger partial charge in [-0.3, -0.25) is 19.7 Å². The molecule has 27 heavy (non-hydrogen) atoms. The van der Waals surface area contributed by atoms with Gasteiger partial charge in [0.15, 0.2) is 0 Å². The van der Waals surface area contributed by atoms with Crippen molar-refractivity contribution in [3.63, 3.8) is 0 Å². The molecule has 0 radical (unpaired) electrons. The van der Waals surface area contributed by atoms with Crippen LogP contribution in [0.4, 0.5) is 4.79 Å². The third-order valence-electron chi connectivity index (χ3n) is 3.77. The minimum atomic E-state index is -1.34. The smallest absolute Gasteiger partial charge is 0.408 e. The number of amides is 4. The fraction of sp³-hybridized carbons (Fsp3) is 0.353. The Balaban J connectivity index is 1.76. The lowest BCUT2D eigenvalue weighted by atomic mass is 10.1. The molecule has 2 atom stereocenters. The first-order valence-corrected chi connectivity index (χ1v) is 8.18. The molecule has 0 spiro atoms. The number of benzene rings is 1. The molecule has 1 aliphatic rings. The van der Waals surface area contributed by atoms with Crippen LogP contribution < -0.4 is 16.0 Å². The molecule has 1 aromatic rings. The number of carbonyl (C=O) groups excluding carboxylic acids is 4. The van der Waals surface area contributed by atoms with Crippen LogP contribution in [0.1, 0.15) is 24.8 Å². The van der Waals surface area contributed by atoms with E-state index in [2.05, 4.69) is 10.6 Å². The van der Waals surface area contributed by atoms with Crippen LogP contribution in [0.2, 0.25) is 0 Å². The van der Waals surface area contributed by atoms with Gasteiger partial charge in [0.2, 0.25) is 17.7 Å². The van der Waals surface area contributed by atoms with Crippen LogP contribution in [0.3, 0.4) is 0 Å². The third-order valence-corrected chi connectivity index (χ3v) is 3.77. The monoisotopic (exact) mass is 377 g/mol. The van der Waals surface area contributed by atoms with Crippen molar-refractivity contribution in [3.8, 4) is 0 Å². The van der Waals surface area contributed by atoms with Gasteiger partial charge in [-0.15, -0.1) is 0 Å². The summed E-state index contributed by atoms with van der Waals surface area (Å²) in [6.45, 7) is -0.0235. The van der Waals surface area contributed by atoms with Crippen molar-refractivity contribution in [2.75, 3.05) is 0 Å². The van der Waals surface area contributed by atoms with Gasteiger partial charge in [-0.1, -0.05) is 30.3 Å². The molecule has 10 heteroatoms. The zero-order valence-corrected chi connectivity index (χ0v) is 14.3. The highest BCUT2D eigenvalue weighted by Gasteiger charge is 2.32. The predicted molar refractivity (Wildman–Crippen MR) is 90.1 cm³/mol. The number of imide groups is 1. The molecule has 1 heterocycles. The van der Waals surface area contributed by atoms with E-state index >= 15 is 0 Å². The van der Waals surface area contributed by atoms with E-state index in [9.17, 15) is 29.1 Å². The molecule has 0 bridgehead atoms. The van der Waals surface area contributed by atoms with Gasteiger partial charge in [0.05, 0.1) is 6.42 Å². The molecule has 1 aromatic carbocycles. The molecule has 0 saturated carbocycles. The average Bonchev–Trinajstić information content (AvgIpc) is 2.94. The number of nitrogens with one attached hydrogen (secondary N) is 3. The number of aliphatic carboxylic acids is 1. The van der Waals surface area contributed by atoms with Gasteiger partial charge in [-0.2, -0.15) is 0 Å². The van der Waals surface area contributed by atoms with Crippen LogP contribution >= 0.6 is 0 Å². The summed E-state index contributed by atoms with van der Waals surface area (Å²) in [7, 11) is 0. The van der Waals surface area contributed by atoms with Gasteiger partial charge >= 0.3 is 12.1 Å². The van der Waals surface area contributed by atoms with Gasteiger partial charge in [-0.05, 0) is 12.0 Å². The Kier molecular flexibility index (Phi) is 6.86. The average molecular weight is 377 g/mol. The molecule has 0 aromatic heterocycles. The number of carboxylic acids is 1. The van der Waals surface area contributed by atoms with E-state index in [4.69, 9.17) is 4.74 Å². The molecular formula is C17H19N3O7. The van der Waals surface area contributed by atoms with Gasteiger partial charge in [0.1, 0.15) is 18.7 Å². The Hall–Kier alpha value is -3.43. The second-order valence-corrected chi connectivity index (χ2v) is 5.87. The van der Waals surface area contributed by atoms with E-state index in [1.165, 1.54) is 0 Å². The molecule has 1 saturated heterocycles. The lowest BCUT2D eigenvalue weighted by molar-refractivity contribution is -0.139. The number of alkyl carbamates (subject to hydrolysis) is 1. The molecule has 1 unspecified atom stereocenters. The highest BCUT2D eigenvalue weighted by Crippen LogP contribution is 2.05. The third kappa shape index (κ3) is 6.42. The SMILES string of the molecule is O=C1CC(NC(=O)CC[C@H](NC(=O)OCc2ccccc2)C(=O)O)C(=O)N1.